The minimum absolute atomic E-state index is 0.0246. The normalized spacial score (nSPS) is 12.5. The fourth-order valence-electron chi connectivity index (χ4n) is 1.61. The summed E-state index contributed by atoms with van der Waals surface area (Å²) in [5, 5.41) is 10.6. The quantitative estimate of drug-likeness (QED) is 0.770. The Bertz CT molecular complexity index is 589. The van der Waals surface area contributed by atoms with Gasteiger partial charge in [0.05, 0.1) is 0 Å². The summed E-state index contributed by atoms with van der Waals surface area (Å²) in [5.74, 6) is -1.46. The third-order valence-corrected chi connectivity index (χ3v) is 3.73. The van der Waals surface area contributed by atoms with Crippen molar-refractivity contribution in [2.24, 2.45) is 0 Å². The van der Waals surface area contributed by atoms with Crippen molar-refractivity contribution in [2.75, 3.05) is 0 Å². The van der Waals surface area contributed by atoms with Crippen LogP contribution in [0.3, 0.4) is 0 Å². The van der Waals surface area contributed by atoms with Crippen LogP contribution in [0.1, 0.15) is 17.2 Å². The molecule has 2 aromatic carbocycles. The molecule has 0 bridgehead atoms. The average molecular weight is 381 g/mol. The highest BCUT2D eigenvalue weighted by molar-refractivity contribution is 14.1. The fraction of sp³-hybridized carbons (Fsp3) is 0.0769. The summed E-state index contributed by atoms with van der Waals surface area (Å²) in [4.78, 5) is 0. The summed E-state index contributed by atoms with van der Waals surface area (Å²) < 4.78 is 27.2. The first-order valence-corrected chi connectivity index (χ1v) is 6.52. The molecule has 0 saturated heterocycles. The Morgan fingerprint density at radius 1 is 1.06 bits per heavy atom. The first-order valence-electron chi connectivity index (χ1n) is 5.07. The molecule has 1 atom stereocenters. The molecule has 2 aromatic rings. The van der Waals surface area contributed by atoms with E-state index in [0.29, 0.717) is 10.6 Å². The van der Waals surface area contributed by atoms with Crippen LogP contribution in [0.5, 0.6) is 0 Å². The van der Waals surface area contributed by atoms with E-state index in [1.165, 1.54) is 6.07 Å². The number of aliphatic hydroxyl groups is 1. The summed E-state index contributed by atoms with van der Waals surface area (Å²) in [5.41, 5.74) is 0.519. The molecule has 0 amide bonds. The Labute approximate surface area is 122 Å². The molecule has 0 aliphatic carbocycles. The zero-order valence-corrected chi connectivity index (χ0v) is 11.9. The number of rotatable bonds is 2. The lowest BCUT2D eigenvalue weighted by molar-refractivity contribution is 0.214. The molecule has 0 saturated carbocycles. The number of benzene rings is 2. The largest absolute Gasteiger partial charge is 0.384 e. The van der Waals surface area contributed by atoms with Gasteiger partial charge in [0.25, 0.3) is 0 Å². The molecule has 5 heteroatoms. The van der Waals surface area contributed by atoms with Crippen LogP contribution in [0.4, 0.5) is 8.78 Å². The monoisotopic (exact) mass is 380 g/mol. The summed E-state index contributed by atoms with van der Waals surface area (Å²) >= 11 is 7.87. The Kier molecular flexibility index (Phi) is 4.19. The molecule has 0 aromatic heterocycles. The highest BCUT2D eigenvalue weighted by Gasteiger charge is 2.18. The molecule has 0 aliphatic heterocycles. The third kappa shape index (κ3) is 2.81. The average Bonchev–Trinajstić information content (AvgIpc) is 2.31. The zero-order chi connectivity index (χ0) is 13.3. The molecule has 0 spiro atoms. The summed E-state index contributed by atoms with van der Waals surface area (Å²) in [6, 6.07) is 8.06. The molecule has 1 N–H and O–H groups in total. The Balaban J connectivity index is 2.47. The molecule has 0 fully saturated rings. The molecule has 1 unspecified atom stereocenters. The van der Waals surface area contributed by atoms with E-state index in [4.69, 9.17) is 11.6 Å². The molecule has 0 aliphatic rings. The van der Waals surface area contributed by atoms with Crippen molar-refractivity contribution < 1.29 is 13.9 Å². The molecular weight excluding hydrogens is 372 g/mol. The Morgan fingerprint density at radius 2 is 1.78 bits per heavy atom. The van der Waals surface area contributed by atoms with Crippen LogP contribution in [0.2, 0.25) is 5.02 Å². The van der Waals surface area contributed by atoms with E-state index in [2.05, 4.69) is 0 Å². The SMILES string of the molecule is OC(c1ccc(F)cc1F)c1cc(Cl)ccc1I. The maximum absolute atomic E-state index is 13.6. The number of hydrogen-bond donors (Lipinski definition) is 1. The molecule has 0 heterocycles. The second-order valence-electron chi connectivity index (χ2n) is 3.73. The maximum atomic E-state index is 13.6. The van der Waals surface area contributed by atoms with Crippen molar-refractivity contribution in [3.63, 3.8) is 0 Å². The zero-order valence-electron chi connectivity index (χ0n) is 9.00. The first-order chi connectivity index (χ1) is 8.49. The van der Waals surface area contributed by atoms with E-state index in [9.17, 15) is 13.9 Å². The molecule has 2 rings (SSSR count). The predicted octanol–water partition coefficient (Wildman–Crippen LogP) is 4.30. The van der Waals surface area contributed by atoms with Gasteiger partial charge in [-0.1, -0.05) is 17.7 Å². The van der Waals surface area contributed by atoms with Gasteiger partial charge in [0, 0.05) is 20.2 Å². The Hall–Kier alpha value is -0.720. The van der Waals surface area contributed by atoms with Crippen LogP contribution in [-0.4, -0.2) is 5.11 Å². The molecule has 18 heavy (non-hydrogen) atoms. The molecule has 0 radical (unpaired) electrons. The van der Waals surface area contributed by atoms with Crippen LogP contribution >= 0.6 is 34.2 Å². The maximum Gasteiger partial charge on any atom is 0.132 e. The van der Waals surface area contributed by atoms with Gasteiger partial charge in [-0.3, -0.25) is 0 Å². The van der Waals surface area contributed by atoms with Crippen LogP contribution in [0.15, 0.2) is 36.4 Å². The van der Waals surface area contributed by atoms with Gasteiger partial charge < -0.3 is 5.11 Å². The van der Waals surface area contributed by atoms with Crippen LogP contribution in [0, 0.1) is 15.2 Å². The third-order valence-electron chi connectivity index (χ3n) is 2.51. The van der Waals surface area contributed by atoms with E-state index in [1.54, 1.807) is 18.2 Å². The lowest BCUT2D eigenvalue weighted by Crippen LogP contribution is -2.05. The van der Waals surface area contributed by atoms with Crippen molar-refractivity contribution >= 4 is 34.2 Å². The van der Waals surface area contributed by atoms with E-state index >= 15 is 0 Å². The molecular formula is C13H8ClF2IO. The Morgan fingerprint density at radius 3 is 2.44 bits per heavy atom. The van der Waals surface area contributed by atoms with Gasteiger partial charge in [0.1, 0.15) is 17.7 Å². The molecule has 1 nitrogen and oxygen atoms in total. The minimum Gasteiger partial charge on any atom is -0.384 e. The topological polar surface area (TPSA) is 20.2 Å². The van der Waals surface area contributed by atoms with Gasteiger partial charge in [0.2, 0.25) is 0 Å². The van der Waals surface area contributed by atoms with Crippen molar-refractivity contribution in [1.82, 2.24) is 0 Å². The van der Waals surface area contributed by atoms with Crippen LogP contribution < -0.4 is 0 Å². The lowest BCUT2D eigenvalue weighted by Gasteiger charge is -2.14. The standard InChI is InChI=1S/C13H8ClF2IO/c14-7-1-4-12(17)10(5-7)13(18)9-3-2-8(15)6-11(9)16/h1-6,13,18H. The summed E-state index contributed by atoms with van der Waals surface area (Å²) in [7, 11) is 0. The van der Waals surface area contributed by atoms with Gasteiger partial charge in [-0.05, 0) is 52.4 Å². The smallest absolute Gasteiger partial charge is 0.132 e. The molecule has 94 valence electrons. The predicted molar refractivity (Wildman–Crippen MR) is 74.6 cm³/mol. The summed E-state index contributed by atoms with van der Waals surface area (Å²) in [6.45, 7) is 0. The van der Waals surface area contributed by atoms with Gasteiger partial charge in [-0.15, -0.1) is 0 Å². The van der Waals surface area contributed by atoms with Crippen LogP contribution in [-0.2, 0) is 0 Å². The van der Waals surface area contributed by atoms with Crippen LogP contribution in [0.25, 0.3) is 0 Å². The van der Waals surface area contributed by atoms with Gasteiger partial charge in [-0.25, -0.2) is 8.78 Å². The summed E-state index contributed by atoms with van der Waals surface area (Å²) in [6.07, 6.45) is -1.17. The van der Waals surface area contributed by atoms with Crippen molar-refractivity contribution in [3.05, 3.63) is 67.8 Å². The van der Waals surface area contributed by atoms with Gasteiger partial charge >= 0.3 is 0 Å². The fourth-order valence-corrected chi connectivity index (χ4v) is 2.43. The first kappa shape index (κ1) is 13.7. The number of aliphatic hydroxyl groups excluding tert-OH is 1. The lowest BCUT2D eigenvalue weighted by atomic mass is 10.0. The van der Waals surface area contributed by atoms with E-state index in [1.807, 2.05) is 22.6 Å². The number of hydrogen-bond acceptors (Lipinski definition) is 1. The second-order valence-corrected chi connectivity index (χ2v) is 5.33. The van der Waals surface area contributed by atoms with Gasteiger partial charge in [-0.2, -0.15) is 0 Å². The number of halogens is 4. The highest BCUT2D eigenvalue weighted by atomic mass is 127. The van der Waals surface area contributed by atoms with Crippen molar-refractivity contribution in [2.45, 2.75) is 6.10 Å². The van der Waals surface area contributed by atoms with E-state index in [0.717, 1.165) is 15.7 Å². The minimum atomic E-state index is -1.17. The van der Waals surface area contributed by atoms with E-state index < -0.39 is 17.7 Å². The van der Waals surface area contributed by atoms with E-state index in [-0.39, 0.29) is 5.56 Å². The highest BCUT2D eigenvalue weighted by Crippen LogP contribution is 2.30. The van der Waals surface area contributed by atoms with Crippen molar-refractivity contribution in [1.29, 1.82) is 0 Å². The van der Waals surface area contributed by atoms with Crippen molar-refractivity contribution in [3.8, 4) is 0 Å². The second kappa shape index (κ2) is 5.50. The van der Waals surface area contributed by atoms with Gasteiger partial charge in [0.15, 0.2) is 0 Å².